The second-order valence-electron chi connectivity index (χ2n) is 12.1. The van der Waals surface area contributed by atoms with Crippen molar-refractivity contribution in [3.63, 3.8) is 0 Å². The van der Waals surface area contributed by atoms with Crippen molar-refractivity contribution in [1.29, 1.82) is 0 Å². The van der Waals surface area contributed by atoms with Crippen molar-refractivity contribution in [3.8, 4) is 0 Å². The maximum absolute atomic E-state index is 13.2. The molecule has 2 aliphatic heterocycles. The zero-order valence-corrected chi connectivity index (χ0v) is 26.6. The molecule has 1 saturated heterocycles. The van der Waals surface area contributed by atoms with Gasteiger partial charge in [-0.3, -0.25) is 14.6 Å². The fourth-order valence-electron chi connectivity index (χ4n) is 6.32. The largest absolute Gasteiger partial charge is 0.389 e. The molecule has 1 saturated carbocycles. The molecular formula is C31H42F4N4O5S. The number of amides is 2. The first kappa shape index (κ1) is 35.0. The van der Waals surface area contributed by atoms with Crippen LogP contribution in [-0.2, 0) is 24.3 Å². The number of hydrogen-bond acceptors (Lipinski definition) is 6. The van der Waals surface area contributed by atoms with Crippen LogP contribution < -0.4 is 10.2 Å². The minimum atomic E-state index is -4.15. The van der Waals surface area contributed by atoms with Crippen LogP contribution in [0.5, 0.6) is 0 Å². The fraction of sp³-hybridized carbons (Fsp3) is 0.645. The number of nitrogens with zero attached hydrogens (tertiary/aromatic N) is 3. The second-order valence-corrected chi connectivity index (χ2v) is 13.9. The summed E-state index contributed by atoms with van der Waals surface area (Å²) >= 11 is 0. The molecule has 2 amide bonds. The van der Waals surface area contributed by atoms with E-state index in [0.29, 0.717) is 42.8 Å². The van der Waals surface area contributed by atoms with Gasteiger partial charge >= 0.3 is 6.18 Å². The number of halogens is 4. The molecule has 2 fully saturated rings. The molecule has 1 N–H and O–H groups in total. The van der Waals surface area contributed by atoms with Gasteiger partial charge in [-0.25, -0.2) is 12.8 Å². The number of benzene rings is 1. The maximum atomic E-state index is 13.2. The van der Waals surface area contributed by atoms with Crippen LogP contribution in [0.15, 0.2) is 28.6 Å². The number of carbonyl (C=O) groups is 2. The lowest BCUT2D eigenvalue weighted by molar-refractivity contribution is -0.138. The molecule has 0 aromatic heterocycles. The molecule has 0 bridgehead atoms. The minimum Gasteiger partial charge on any atom is -0.377 e. The number of nitrogens with one attached hydrogen (secondary N) is 1. The zero-order chi connectivity index (χ0) is 32.8. The first-order valence-corrected chi connectivity index (χ1v) is 16.9. The molecule has 0 atom stereocenters. The highest BCUT2D eigenvalue weighted by molar-refractivity contribution is 7.92. The van der Waals surface area contributed by atoms with Gasteiger partial charge in [0.25, 0.3) is 5.91 Å². The molecule has 0 unspecified atom stereocenters. The highest BCUT2D eigenvalue weighted by atomic mass is 32.2. The van der Waals surface area contributed by atoms with Gasteiger partial charge in [0.2, 0.25) is 15.9 Å². The van der Waals surface area contributed by atoms with Crippen LogP contribution in [-0.4, -0.2) is 81.6 Å². The van der Waals surface area contributed by atoms with Crippen molar-refractivity contribution >= 4 is 39.4 Å². The van der Waals surface area contributed by atoms with E-state index >= 15 is 0 Å². The van der Waals surface area contributed by atoms with E-state index in [1.807, 2.05) is 6.92 Å². The molecule has 1 aromatic carbocycles. The van der Waals surface area contributed by atoms with Gasteiger partial charge in [-0.2, -0.15) is 17.5 Å². The quantitative estimate of drug-likeness (QED) is 0.247. The Labute approximate surface area is 262 Å². The predicted octanol–water partition coefficient (Wildman–Crippen LogP) is 5.15. The van der Waals surface area contributed by atoms with Gasteiger partial charge in [0, 0.05) is 50.0 Å². The zero-order valence-electron chi connectivity index (χ0n) is 25.7. The van der Waals surface area contributed by atoms with Crippen LogP contribution >= 0.6 is 0 Å². The Kier molecular flexibility index (Phi) is 11.5. The number of alkyl halides is 4. The van der Waals surface area contributed by atoms with Crippen molar-refractivity contribution in [2.75, 3.05) is 44.4 Å². The number of amidine groups is 1. The molecule has 1 aliphatic carbocycles. The molecule has 1 aromatic rings. The smallest absolute Gasteiger partial charge is 0.377 e. The first-order valence-electron chi connectivity index (χ1n) is 15.4. The number of anilines is 1. The Morgan fingerprint density at radius 3 is 2.47 bits per heavy atom. The third kappa shape index (κ3) is 9.13. The van der Waals surface area contributed by atoms with Gasteiger partial charge < -0.3 is 15.0 Å². The third-order valence-corrected chi connectivity index (χ3v) is 10.6. The van der Waals surface area contributed by atoms with Gasteiger partial charge in [-0.15, -0.1) is 0 Å². The van der Waals surface area contributed by atoms with Crippen molar-refractivity contribution in [2.45, 2.75) is 76.9 Å². The summed E-state index contributed by atoms with van der Waals surface area (Å²) in [5.74, 6) is 0.152. The topological polar surface area (TPSA) is 108 Å². The Morgan fingerprint density at radius 1 is 1.18 bits per heavy atom. The standard InChI is InChI=1S/C31H42F4N4O5S/c1-22-21-27(39(23(2)40)17-19-44-18-14-32)8-7-25(22)10-20-45(42,43)38-15-12-30(13-16-38)29(41)36-28(37-30)26-5-3-24(4-6-26)9-11-31(33,34)35/h7-8,10,20-21,24,26H,3-6,9,11-19H2,1-2H3,(H,36,37,41)/b20-10+. The summed E-state index contributed by atoms with van der Waals surface area (Å²) in [7, 11) is -3.79. The number of carbonyl (C=O) groups excluding carboxylic acids is 2. The molecule has 2 heterocycles. The maximum Gasteiger partial charge on any atom is 0.389 e. The van der Waals surface area contributed by atoms with Crippen molar-refractivity contribution in [2.24, 2.45) is 16.8 Å². The predicted molar refractivity (Wildman–Crippen MR) is 164 cm³/mol. The average molecular weight is 659 g/mol. The van der Waals surface area contributed by atoms with Crippen LogP contribution in [0.4, 0.5) is 23.2 Å². The van der Waals surface area contributed by atoms with E-state index in [1.54, 1.807) is 18.2 Å². The molecule has 3 aliphatic rings. The number of aliphatic imine (C=N–C) groups is 1. The third-order valence-electron chi connectivity index (χ3n) is 9.02. The lowest BCUT2D eigenvalue weighted by Crippen LogP contribution is -2.50. The summed E-state index contributed by atoms with van der Waals surface area (Å²) in [6.07, 6.45) is -0.154. The van der Waals surface area contributed by atoms with E-state index in [1.165, 1.54) is 22.2 Å². The van der Waals surface area contributed by atoms with Gasteiger partial charge in [0.05, 0.1) is 13.2 Å². The van der Waals surface area contributed by atoms with Crippen LogP contribution in [0.25, 0.3) is 6.08 Å². The Balaban J connectivity index is 1.33. The van der Waals surface area contributed by atoms with Gasteiger partial charge in [-0.1, -0.05) is 6.07 Å². The Bertz CT molecular complexity index is 1380. The number of aryl methyl sites for hydroxylation is 1. The number of hydrogen-bond donors (Lipinski definition) is 1. The van der Waals surface area contributed by atoms with Crippen molar-refractivity contribution < 1.29 is 40.3 Å². The van der Waals surface area contributed by atoms with E-state index in [-0.39, 0.29) is 75.8 Å². The van der Waals surface area contributed by atoms with Crippen LogP contribution in [0, 0.1) is 18.8 Å². The fourth-order valence-corrected chi connectivity index (χ4v) is 7.50. The molecule has 9 nitrogen and oxygen atoms in total. The summed E-state index contributed by atoms with van der Waals surface area (Å²) in [6, 6.07) is 5.21. The molecule has 0 radical (unpaired) electrons. The molecule has 4 rings (SSSR count). The van der Waals surface area contributed by atoms with E-state index in [2.05, 4.69) is 5.32 Å². The minimum absolute atomic E-state index is 0.00740. The molecule has 250 valence electrons. The molecule has 45 heavy (non-hydrogen) atoms. The highest BCUT2D eigenvalue weighted by Gasteiger charge is 2.48. The molecular weight excluding hydrogens is 616 g/mol. The first-order chi connectivity index (χ1) is 21.2. The Morgan fingerprint density at radius 2 is 1.87 bits per heavy atom. The summed E-state index contributed by atoms with van der Waals surface area (Å²) in [6.45, 7) is 3.27. The van der Waals surface area contributed by atoms with E-state index < -0.39 is 34.8 Å². The lowest BCUT2D eigenvalue weighted by atomic mass is 9.79. The Hall–Kier alpha value is -2.84. The number of ether oxygens (including phenoxy) is 1. The van der Waals surface area contributed by atoms with Crippen LogP contribution in [0.1, 0.15) is 69.4 Å². The lowest BCUT2D eigenvalue weighted by Gasteiger charge is -2.34. The van der Waals surface area contributed by atoms with E-state index in [0.717, 1.165) is 11.0 Å². The normalized spacial score (nSPS) is 22.5. The highest BCUT2D eigenvalue weighted by Crippen LogP contribution is 2.38. The number of piperidine rings is 1. The van der Waals surface area contributed by atoms with Gasteiger partial charge in [0.1, 0.15) is 18.0 Å². The van der Waals surface area contributed by atoms with Crippen molar-refractivity contribution in [3.05, 3.63) is 34.7 Å². The monoisotopic (exact) mass is 658 g/mol. The van der Waals surface area contributed by atoms with E-state index in [9.17, 15) is 35.6 Å². The molecule has 14 heteroatoms. The van der Waals surface area contributed by atoms with Gasteiger partial charge in [0.15, 0.2) is 0 Å². The SMILES string of the molecule is CC(=O)N(CCOCCF)c1ccc(/C=C/S(=O)(=O)N2CCC3(CC2)N=C(C2CCC(CCC(F)(F)F)CC2)NC3=O)c(C)c1. The number of rotatable bonds is 12. The average Bonchev–Trinajstić information content (AvgIpc) is 3.30. The number of sulfonamides is 1. The van der Waals surface area contributed by atoms with Crippen LogP contribution in [0.2, 0.25) is 0 Å². The second kappa shape index (κ2) is 14.7. The summed E-state index contributed by atoms with van der Waals surface area (Å²) < 4.78 is 82.9. The van der Waals surface area contributed by atoms with E-state index in [4.69, 9.17) is 9.73 Å². The summed E-state index contributed by atoms with van der Waals surface area (Å²) in [4.78, 5) is 31.4. The summed E-state index contributed by atoms with van der Waals surface area (Å²) in [5, 5.41) is 4.04. The summed E-state index contributed by atoms with van der Waals surface area (Å²) in [5.41, 5.74) is 1.01. The van der Waals surface area contributed by atoms with Crippen molar-refractivity contribution in [1.82, 2.24) is 9.62 Å². The van der Waals surface area contributed by atoms with Gasteiger partial charge in [-0.05, 0) is 87.1 Å². The van der Waals surface area contributed by atoms with Crippen LogP contribution in [0.3, 0.4) is 0 Å². The molecule has 1 spiro atoms.